The molecular formula is C22H27N5O4S. The van der Waals surface area contributed by atoms with Crippen LogP contribution in [0.3, 0.4) is 0 Å². The van der Waals surface area contributed by atoms with Crippen molar-refractivity contribution in [2.45, 2.75) is 25.9 Å². The van der Waals surface area contributed by atoms with Crippen LogP contribution in [0.1, 0.15) is 16.7 Å². The second-order valence-electron chi connectivity index (χ2n) is 7.20. The molecule has 2 aromatic carbocycles. The molecule has 0 atom stereocenters. The second-order valence-corrected chi connectivity index (χ2v) is 8.14. The first-order valence-corrected chi connectivity index (χ1v) is 10.8. The molecule has 0 saturated carbocycles. The van der Waals surface area contributed by atoms with E-state index in [0.29, 0.717) is 33.8 Å². The van der Waals surface area contributed by atoms with Crippen LogP contribution in [0.5, 0.6) is 17.2 Å². The number of nitrogen functional groups attached to an aromatic ring is 1. The molecular weight excluding hydrogens is 430 g/mol. The molecule has 0 aliphatic rings. The Bertz CT molecular complexity index is 1100. The molecule has 0 fully saturated rings. The van der Waals surface area contributed by atoms with Gasteiger partial charge in [-0.15, -0.1) is 10.2 Å². The zero-order valence-electron chi connectivity index (χ0n) is 19.0. The first-order valence-electron chi connectivity index (χ1n) is 9.80. The van der Waals surface area contributed by atoms with Crippen LogP contribution in [0.15, 0.2) is 29.4 Å². The number of nitrogens with zero attached hydrogens (tertiary/aromatic N) is 3. The standard InChI is InChI=1S/C22H27N5O4S/c1-12-7-13(2)19(14(3)8-12)24-18(28)11-32-22-26-25-21(27(22)23)15-9-16(29-4)20(31-6)17(10-15)30-5/h7-10H,11,23H2,1-6H3,(H,24,28). The monoisotopic (exact) mass is 457 g/mol. The molecule has 10 heteroatoms. The van der Waals surface area contributed by atoms with E-state index in [1.165, 1.54) is 37.8 Å². The van der Waals surface area contributed by atoms with E-state index in [2.05, 4.69) is 15.5 Å². The third-order valence-electron chi connectivity index (χ3n) is 4.86. The van der Waals surface area contributed by atoms with Crippen molar-refractivity contribution < 1.29 is 19.0 Å². The SMILES string of the molecule is COc1cc(-c2nnc(SCC(=O)Nc3c(C)cc(C)cc3C)n2N)cc(OC)c1OC. The zero-order chi connectivity index (χ0) is 23.4. The predicted molar refractivity (Wildman–Crippen MR) is 125 cm³/mol. The average Bonchev–Trinajstić information content (AvgIpc) is 3.13. The minimum atomic E-state index is -0.151. The number of aryl methyl sites for hydroxylation is 3. The van der Waals surface area contributed by atoms with E-state index < -0.39 is 0 Å². The molecule has 9 nitrogen and oxygen atoms in total. The Morgan fingerprint density at radius 2 is 1.59 bits per heavy atom. The molecule has 3 aromatic rings. The summed E-state index contributed by atoms with van der Waals surface area (Å²) < 4.78 is 17.5. The van der Waals surface area contributed by atoms with E-state index in [1.807, 2.05) is 32.9 Å². The van der Waals surface area contributed by atoms with E-state index in [9.17, 15) is 4.79 Å². The number of rotatable bonds is 8. The number of carbonyl (C=O) groups is 1. The molecule has 0 spiro atoms. The first-order chi connectivity index (χ1) is 15.3. The van der Waals surface area contributed by atoms with Gasteiger partial charge in [0.25, 0.3) is 0 Å². The van der Waals surface area contributed by atoms with Crippen molar-refractivity contribution in [3.8, 4) is 28.6 Å². The van der Waals surface area contributed by atoms with Crippen LogP contribution in [-0.4, -0.2) is 47.9 Å². The Balaban J connectivity index is 1.77. The first kappa shape index (κ1) is 23.3. The smallest absolute Gasteiger partial charge is 0.234 e. The lowest BCUT2D eigenvalue weighted by Gasteiger charge is -2.14. The third kappa shape index (κ3) is 4.75. The number of aromatic nitrogens is 3. The van der Waals surface area contributed by atoms with Crippen LogP contribution in [0.2, 0.25) is 0 Å². The summed E-state index contributed by atoms with van der Waals surface area (Å²) in [6, 6.07) is 7.55. The maximum atomic E-state index is 12.5. The van der Waals surface area contributed by atoms with E-state index in [1.54, 1.807) is 12.1 Å². The molecule has 0 radical (unpaired) electrons. The number of nitrogens with one attached hydrogen (secondary N) is 1. The Morgan fingerprint density at radius 3 is 2.12 bits per heavy atom. The minimum Gasteiger partial charge on any atom is -0.493 e. The Labute approximate surface area is 191 Å². The van der Waals surface area contributed by atoms with Gasteiger partial charge in [-0.05, 0) is 44.0 Å². The van der Waals surface area contributed by atoms with Gasteiger partial charge in [-0.3, -0.25) is 4.79 Å². The number of thioether (sulfide) groups is 1. The maximum absolute atomic E-state index is 12.5. The Kier molecular flexibility index (Phi) is 7.14. The zero-order valence-corrected chi connectivity index (χ0v) is 19.8. The van der Waals surface area contributed by atoms with Gasteiger partial charge in [-0.1, -0.05) is 29.5 Å². The molecule has 170 valence electrons. The molecule has 3 rings (SSSR count). The summed E-state index contributed by atoms with van der Waals surface area (Å²) in [5.41, 5.74) is 4.66. The number of nitrogens with two attached hydrogens (primary N) is 1. The molecule has 0 bridgehead atoms. The van der Waals surface area contributed by atoms with Crippen LogP contribution < -0.4 is 25.4 Å². The lowest BCUT2D eigenvalue weighted by atomic mass is 10.1. The molecule has 0 aliphatic carbocycles. The van der Waals surface area contributed by atoms with Crippen molar-refractivity contribution in [1.29, 1.82) is 0 Å². The normalized spacial score (nSPS) is 10.7. The van der Waals surface area contributed by atoms with Crippen LogP contribution in [0.25, 0.3) is 11.4 Å². The highest BCUT2D eigenvalue weighted by atomic mass is 32.2. The van der Waals surface area contributed by atoms with Crippen LogP contribution in [0, 0.1) is 20.8 Å². The maximum Gasteiger partial charge on any atom is 0.234 e. The summed E-state index contributed by atoms with van der Waals surface area (Å²) in [7, 11) is 4.60. The van der Waals surface area contributed by atoms with Crippen LogP contribution in [-0.2, 0) is 4.79 Å². The number of hydrogen-bond donors (Lipinski definition) is 2. The molecule has 0 aliphatic heterocycles. The predicted octanol–water partition coefficient (Wildman–Crippen LogP) is 3.34. The van der Waals surface area contributed by atoms with Gasteiger partial charge in [0.2, 0.25) is 16.8 Å². The van der Waals surface area contributed by atoms with Gasteiger partial charge < -0.3 is 25.4 Å². The van der Waals surface area contributed by atoms with Crippen molar-refractivity contribution >= 4 is 23.4 Å². The highest BCUT2D eigenvalue weighted by Gasteiger charge is 2.19. The molecule has 1 heterocycles. The van der Waals surface area contributed by atoms with Crippen molar-refractivity contribution in [3.05, 3.63) is 41.0 Å². The fourth-order valence-electron chi connectivity index (χ4n) is 3.47. The summed E-state index contributed by atoms with van der Waals surface area (Å²) in [6.07, 6.45) is 0. The topological polar surface area (TPSA) is 114 Å². The molecule has 32 heavy (non-hydrogen) atoms. The van der Waals surface area contributed by atoms with Crippen LogP contribution >= 0.6 is 11.8 Å². The van der Waals surface area contributed by atoms with Crippen molar-refractivity contribution in [2.75, 3.05) is 38.2 Å². The Hall–Kier alpha value is -3.40. The average molecular weight is 458 g/mol. The number of benzene rings is 2. The number of carbonyl (C=O) groups excluding carboxylic acids is 1. The van der Waals surface area contributed by atoms with Gasteiger partial charge in [0.05, 0.1) is 27.1 Å². The quantitative estimate of drug-likeness (QED) is 0.391. The van der Waals surface area contributed by atoms with Gasteiger partial charge >= 0.3 is 0 Å². The second kappa shape index (κ2) is 9.82. The van der Waals surface area contributed by atoms with Crippen LogP contribution in [0.4, 0.5) is 5.69 Å². The molecule has 1 amide bonds. The summed E-state index contributed by atoms with van der Waals surface area (Å²) >= 11 is 1.20. The fraction of sp³-hybridized carbons (Fsp3) is 0.318. The fourth-order valence-corrected chi connectivity index (χ4v) is 4.12. The molecule has 3 N–H and O–H groups in total. The van der Waals surface area contributed by atoms with Gasteiger partial charge in [0.1, 0.15) is 0 Å². The van der Waals surface area contributed by atoms with Gasteiger partial charge in [0, 0.05) is 11.3 Å². The lowest BCUT2D eigenvalue weighted by Crippen LogP contribution is -2.17. The van der Waals surface area contributed by atoms with E-state index in [0.717, 1.165) is 22.4 Å². The number of methoxy groups -OCH3 is 3. The summed E-state index contributed by atoms with van der Waals surface area (Å²) in [5.74, 6) is 8.02. The minimum absolute atomic E-state index is 0.136. The molecule has 0 unspecified atom stereocenters. The number of amides is 1. The van der Waals surface area contributed by atoms with Crippen molar-refractivity contribution in [2.24, 2.45) is 0 Å². The van der Waals surface area contributed by atoms with Gasteiger partial charge in [-0.25, -0.2) is 4.68 Å². The van der Waals surface area contributed by atoms with Crippen molar-refractivity contribution in [1.82, 2.24) is 14.9 Å². The number of ether oxygens (including phenoxy) is 3. The number of anilines is 1. The third-order valence-corrected chi connectivity index (χ3v) is 5.80. The highest BCUT2D eigenvalue weighted by molar-refractivity contribution is 7.99. The Morgan fingerprint density at radius 1 is 1.00 bits per heavy atom. The highest BCUT2D eigenvalue weighted by Crippen LogP contribution is 2.41. The summed E-state index contributed by atoms with van der Waals surface area (Å²) in [6.45, 7) is 5.98. The number of hydrogen-bond acceptors (Lipinski definition) is 8. The van der Waals surface area contributed by atoms with Crippen molar-refractivity contribution in [3.63, 3.8) is 0 Å². The van der Waals surface area contributed by atoms with Gasteiger partial charge in [0.15, 0.2) is 17.3 Å². The van der Waals surface area contributed by atoms with Gasteiger partial charge in [-0.2, -0.15) is 0 Å². The molecule has 0 saturated heterocycles. The largest absolute Gasteiger partial charge is 0.493 e. The molecule has 1 aromatic heterocycles. The summed E-state index contributed by atoms with van der Waals surface area (Å²) in [4.78, 5) is 12.5. The summed E-state index contributed by atoms with van der Waals surface area (Å²) in [5, 5.41) is 11.7. The van der Waals surface area contributed by atoms with E-state index in [4.69, 9.17) is 20.1 Å². The van der Waals surface area contributed by atoms with E-state index >= 15 is 0 Å². The lowest BCUT2D eigenvalue weighted by molar-refractivity contribution is -0.113. The van der Waals surface area contributed by atoms with E-state index in [-0.39, 0.29) is 11.7 Å².